The SMILES string of the molecule is CC(=O)O.COC(=O)[C@H](C)NC(=O)[C@H](CC(C)C)NC(=O)[C@H](C)NC(=O)[C@@H](N)CC(C)C. The van der Waals surface area contributed by atoms with Crippen molar-refractivity contribution < 1.29 is 33.8 Å². The summed E-state index contributed by atoms with van der Waals surface area (Å²) in [4.78, 5) is 57.5. The molecule has 0 radical (unpaired) electrons. The lowest BCUT2D eigenvalue weighted by Gasteiger charge is -2.24. The maximum atomic E-state index is 12.5. The maximum absolute atomic E-state index is 12.5. The summed E-state index contributed by atoms with van der Waals surface area (Å²) in [6.07, 6.45) is 0.878. The molecule has 11 heteroatoms. The Morgan fingerprint density at radius 1 is 0.781 bits per heavy atom. The third kappa shape index (κ3) is 15.2. The molecule has 0 heterocycles. The first-order valence-electron chi connectivity index (χ1n) is 10.6. The highest BCUT2D eigenvalue weighted by Gasteiger charge is 2.28. The summed E-state index contributed by atoms with van der Waals surface area (Å²) in [5.41, 5.74) is 5.83. The summed E-state index contributed by atoms with van der Waals surface area (Å²) >= 11 is 0. The predicted molar refractivity (Wildman–Crippen MR) is 119 cm³/mol. The molecule has 186 valence electrons. The van der Waals surface area contributed by atoms with Crippen LogP contribution in [0.5, 0.6) is 0 Å². The van der Waals surface area contributed by atoms with E-state index in [1.54, 1.807) is 0 Å². The molecule has 6 N–H and O–H groups in total. The van der Waals surface area contributed by atoms with E-state index >= 15 is 0 Å². The van der Waals surface area contributed by atoms with E-state index < -0.39 is 53.8 Å². The molecule has 4 atom stereocenters. The van der Waals surface area contributed by atoms with E-state index in [0.717, 1.165) is 6.92 Å². The number of aliphatic carboxylic acids is 1. The van der Waals surface area contributed by atoms with Crippen LogP contribution in [0.25, 0.3) is 0 Å². The smallest absolute Gasteiger partial charge is 0.328 e. The van der Waals surface area contributed by atoms with Crippen molar-refractivity contribution in [3.63, 3.8) is 0 Å². The largest absolute Gasteiger partial charge is 0.481 e. The van der Waals surface area contributed by atoms with Gasteiger partial charge in [-0.25, -0.2) is 4.79 Å². The Morgan fingerprint density at radius 3 is 1.62 bits per heavy atom. The lowest BCUT2D eigenvalue weighted by molar-refractivity contribution is -0.145. The number of hydrogen-bond donors (Lipinski definition) is 5. The first-order valence-corrected chi connectivity index (χ1v) is 10.6. The summed E-state index contributed by atoms with van der Waals surface area (Å²) in [6, 6.07) is -3.24. The fourth-order valence-corrected chi connectivity index (χ4v) is 2.55. The number of methoxy groups -OCH3 is 1. The fraction of sp³-hybridized carbons (Fsp3) is 0.762. The molecule has 0 saturated carbocycles. The molecule has 3 amide bonds. The van der Waals surface area contributed by atoms with Gasteiger partial charge < -0.3 is 31.5 Å². The van der Waals surface area contributed by atoms with Crippen LogP contribution in [-0.2, 0) is 28.7 Å². The number of carboxylic acid groups (broad SMARTS) is 1. The second-order valence-corrected chi connectivity index (χ2v) is 8.43. The Balaban J connectivity index is 0. The van der Waals surface area contributed by atoms with Gasteiger partial charge in [0, 0.05) is 6.92 Å². The topological polar surface area (TPSA) is 177 Å². The molecule has 0 aliphatic rings. The Bertz CT molecular complexity index is 634. The normalized spacial score (nSPS) is 14.2. The first-order chi connectivity index (χ1) is 14.6. The van der Waals surface area contributed by atoms with Gasteiger partial charge in [-0.3, -0.25) is 19.2 Å². The van der Waals surface area contributed by atoms with Crippen LogP contribution in [0.4, 0.5) is 0 Å². The van der Waals surface area contributed by atoms with Crippen LogP contribution in [0.2, 0.25) is 0 Å². The third-order valence-corrected chi connectivity index (χ3v) is 4.07. The molecule has 0 unspecified atom stereocenters. The molecule has 0 bridgehead atoms. The number of carbonyl (C=O) groups is 5. The number of ether oxygens (including phenoxy) is 1. The molecule has 0 fully saturated rings. The molecular weight excluding hydrogens is 420 g/mol. The van der Waals surface area contributed by atoms with E-state index in [-0.39, 0.29) is 11.8 Å². The molecule has 0 rings (SSSR count). The molecule has 0 saturated heterocycles. The second kappa shape index (κ2) is 16.0. The average molecular weight is 461 g/mol. The number of nitrogens with two attached hydrogens (primary N) is 1. The first kappa shape index (κ1) is 31.5. The summed E-state index contributed by atoms with van der Waals surface area (Å²) in [5, 5.41) is 15.1. The predicted octanol–water partition coefficient (Wildman–Crippen LogP) is 0.164. The van der Waals surface area contributed by atoms with Crippen LogP contribution in [0, 0.1) is 11.8 Å². The van der Waals surface area contributed by atoms with E-state index in [2.05, 4.69) is 20.7 Å². The van der Waals surface area contributed by atoms with Crippen molar-refractivity contribution in [2.45, 2.75) is 85.5 Å². The van der Waals surface area contributed by atoms with Gasteiger partial charge in [0.15, 0.2) is 0 Å². The van der Waals surface area contributed by atoms with Crippen molar-refractivity contribution in [1.82, 2.24) is 16.0 Å². The van der Waals surface area contributed by atoms with E-state index in [0.29, 0.717) is 12.8 Å². The molecule has 0 aliphatic carbocycles. The zero-order valence-electron chi connectivity index (χ0n) is 20.4. The summed E-state index contributed by atoms with van der Waals surface area (Å²) < 4.78 is 4.59. The molecule has 0 aliphatic heterocycles. The molecule has 0 aromatic rings. The van der Waals surface area contributed by atoms with Crippen LogP contribution in [-0.4, -0.2) is 66.0 Å². The van der Waals surface area contributed by atoms with Gasteiger partial charge in [-0.1, -0.05) is 27.7 Å². The Morgan fingerprint density at radius 2 is 1.22 bits per heavy atom. The van der Waals surface area contributed by atoms with Crippen molar-refractivity contribution >= 4 is 29.7 Å². The number of hydrogen-bond acceptors (Lipinski definition) is 7. The van der Waals surface area contributed by atoms with Gasteiger partial charge in [-0.05, 0) is 38.5 Å². The second-order valence-electron chi connectivity index (χ2n) is 8.43. The van der Waals surface area contributed by atoms with Gasteiger partial charge in [0.25, 0.3) is 5.97 Å². The zero-order chi connectivity index (χ0) is 25.6. The van der Waals surface area contributed by atoms with Crippen LogP contribution in [0.3, 0.4) is 0 Å². The standard InChI is InChI=1S/C19H36N4O5.C2H4O2/c1-10(2)8-14(20)17(25)21-12(5)16(24)23-15(9-11(3)4)18(26)22-13(6)19(27)28-7;1-2(3)4/h10-15H,8-9,20H2,1-7H3,(H,21,25)(H,22,26)(H,23,24);1H3,(H,3,4)/t12-,13-,14-,15-;/m0./s1. The molecular formula is C21H40N4O7. The van der Waals surface area contributed by atoms with E-state index in [9.17, 15) is 19.2 Å². The minimum atomic E-state index is -0.855. The number of rotatable bonds is 11. The van der Waals surface area contributed by atoms with Gasteiger partial charge in [-0.2, -0.15) is 0 Å². The molecule has 11 nitrogen and oxygen atoms in total. The van der Waals surface area contributed by atoms with Crippen LogP contribution in [0.1, 0.15) is 61.3 Å². The summed E-state index contributed by atoms with van der Waals surface area (Å²) in [5.74, 6) is -2.45. The van der Waals surface area contributed by atoms with Crippen molar-refractivity contribution in [3.05, 3.63) is 0 Å². The average Bonchev–Trinajstić information content (AvgIpc) is 2.64. The van der Waals surface area contributed by atoms with Gasteiger partial charge in [0.2, 0.25) is 17.7 Å². The summed E-state index contributed by atoms with van der Waals surface area (Å²) in [7, 11) is 1.23. The van der Waals surface area contributed by atoms with Gasteiger partial charge in [-0.15, -0.1) is 0 Å². The summed E-state index contributed by atoms with van der Waals surface area (Å²) in [6.45, 7) is 11.8. The van der Waals surface area contributed by atoms with Crippen LogP contribution in [0.15, 0.2) is 0 Å². The highest BCUT2D eigenvalue weighted by molar-refractivity contribution is 5.93. The van der Waals surface area contributed by atoms with Gasteiger partial charge in [0.1, 0.15) is 18.1 Å². The van der Waals surface area contributed by atoms with E-state index in [1.807, 2.05) is 27.7 Å². The number of nitrogens with one attached hydrogen (secondary N) is 3. The third-order valence-electron chi connectivity index (χ3n) is 4.07. The van der Waals surface area contributed by atoms with Crippen molar-refractivity contribution in [2.24, 2.45) is 17.6 Å². The van der Waals surface area contributed by atoms with Crippen molar-refractivity contribution in [2.75, 3.05) is 7.11 Å². The maximum Gasteiger partial charge on any atom is 0.328 e. The Hall–Kier alpha value is -2.69. The van der Waals surface area contributed by atoms with Gasteiger partial charge in [0.05, 0.1) is 13.2 Å². The van der Waals surface area contributed by atoms with Gasteiger partial charge >= 0.3 is 5.97 Å². The Kier molecular flexibility index (Phi) is 15.8. The number of carbonyl (C=O) groups excluding carboxylic acids is 4. The van der Waals surface area contributed by atoms with Crippen LogP contribution < -0.4 is 21.7 Å². The lowest BCUT2D eigenvalue weighted by atomic mass is 10.0. The lowest BCUT2D eigenvalue weighted by Crippen LogP contribution is -2.56. The monoisotopic (exact) mass is 460 g/mol. The highest BCUT2D eigenvalue weighted by Crippen LogP contribution is 2.07. The zero-order valence-corrected chi connectivity index (χ0v) is 20.4. The fourth-order valence-electron chi connectivity index (χ4n) is 2.55. The minimum Gasteiger partial charge on any atom is -0.481 e. The number of carboxylic acids is 1. The number of amides is 3. The van der Waals surface area contributed by atoms with E-state index in [1.165, 1.54) is 21.0 Å². The van der Waals surface area contributed by atoms with E-state index in [4.69, 9.17) is 15.6 Å². The van der Waals surface area contributed by atoms with Crippen LogP contribution >= 0.6 is 0 Å². The molecule has 0 aromatic heterocycles. The minimum absolute atomic E-state index is 0.119. The van der Waals surface area contributed by atoms with Crippen molar-refractivity contribution in [1.29, 1.82) is 0 Å². The highest BCUT2D eigenvalue weighted by atomic mass is 16.5. The number of esters is 1. The molecule has 0 spiro atoms. The molecule has 32 heavy (non-hydrogen) atoms. The molecule has 0 aromatic carbocycles. The van der Waals surface area contributed by atoms with Crippen molar-refractivity contribution in [3.8, 4) is 0 Å². The quantitative estimate of drug-likeness (QED) is 0.271. The Labute approximate surface area is 190 Å².